The van der Waals surface area contributed by atoms with Gasteiger partial charge >= 0.3 is 0 Å². The monoisotopic (exact) mass is 246 g/mol. The van der Waals surface area contributed by atoms with E-state index in [2.05, 4.69) is 17.4 Å². The van der Waals surface area contributed by atoms with Crippen LogP contribution in [0, 0.1) is 0 Å². The van der Waals surface area contributed by atoms with Gasteiger partial charge in [-0.1, -0.05) is 49.6 Å². The van der Waals surface area contributed by atoms with Crippen molar-refractivity contribution in [2.75, 3.05) is 6.54 Å². The van der Waals surface area contributed by atoms with Crippen LogP contribution in [-0.4, -0.2) is 18.0 Å². The summed E-state index contributed by atoms with van der Waals surface area (Å²) >= 11 is 0. The number of hydrogen-bond acceptors (Lipinski definition) is 2. The lowest BCUT2D eigenvalue weighted by Gasteiger charge is -2.31. The molecule has 1 saturated carbocycles. The van der Waals surface area contributed by atoms with Gasteiger partial charge in [0.15, 0.2) is 0 Å². The highest BCUT2D eigenvalue weighted by molar-refractivity contribution is 5.86. The summed E-state index contributed by atoms with van der Waals surface area (Å²) in [5.41, 5.74) is 6.80. The van der Waals surface area contributed by atoms with Crippen molar-refractivity contribution in [1.29, 1.82) is 0 Å². The Bertz CT molecular complexity index is 383. The molecule has 98 valence electrons. The Morgan fingerprint density at radius 1 is 1.17 bits per heavy atom. The standard InChI is InChI=1S/C15H22N2O/c16-15(10-5-2-6-11-15)14(18)17-12-9-13-7-3-1-4-8-13/h1,3-4,7-8H,2,5-6,9-12,16H2,(H,17,18). The molecule has 0 atom stereocenters. The van der Waals surface area contributed by atoms with Gasteiger partial charge in [-0.2, -0.15) is 0 Å². The predicted molar refractivity (Wildman–Crippen MR) is 73.2 cm³/mol. The molecule has 3 N–H and O–H groups in total. The summed E-state index contributed by atoms with van der Waals surface area (Å²) in [5.74, 6) is 0.0260. The van der Waals surface area contributed by atoms with Crippen molar-refractivity contribution in [2.45, 2.75) is 44.1 Å². The second kappa shape index (κ2) is 6.01. The fraction of sp³-hybridized carbons (Fsp3) is 0.533. The maximum Gasteiger partial charge on any atom is 0.240 e. The summed E-state index contributed by atoms with van der Waals surface area (Å²) < 4.78 is 0. The lowest BCUT2D eigenvalue weighted by atomic mass is 9.82. The topological polar surface area (TPSA) is 55.1 Å². The second-order valence-electron chi connectivity index (χ2n) is 5.21. The molecule has 1 fully saturated rings. The first-order valence-corrected chi connectivity index (χ1v) is 6.82. The number of rotatable bonds is 4. The molecule has 0 heterocycles. The zero-order chi connectivity index (χ0) is 12.8. The molecule has 3 heteroatoms. The minimum Gasteiger partial charge on any atom is -0.354 e. The number of nitrogens with two attached hydrogens (primary N) is 1. The lowest BCUT2D eigenvalue weighted by molar-refractivity contribution is -0.127. The molecule has 1 aromatic carbocycles. The molecule has 0 bridgehead atoms. The van der Waals surface area contributed by atoms with Gasteiger partial charge < -0.3 is 11.1 Å². The van der Waals surface area contributed by atoms with Crippen LogP contribution in [0.2, 0.25) is 0 Å². The van der Waals surface area contributed by atoms with Crippen LogP contribution in [-0.2, 0) is 11.2 Å². The molecule has 0 radical (unpaired) electrons. The van der Waals surface area contributed by atoms with Crippen molar-refractivity contribution in [1.82, 2.24) is 5.32 Å². The molecule has 18 heavy (non-hydrogen) atoms. The molecule has 0 unspecified atom stereocenters. The number of benzene rings is 1. The highest BCUT2D eigenvalue weighted by Gasteiger charge is 2.34. The van der Waals surface area contributed by atoms with Crippen molar-refractivity contribution in [3.05, 3.63) is 35.9 Å². The molecule has 1 aromatic rings. The molecule has 0 saturated heterocycles. The second-order valence-corrected chi connectivity index (χ2v) is 5.21. The Hall–Kier alpha value is -1.35. The summed E-state index contributed by atoms with van der Waals surface area (Å²) in [6.45, 7) is 0.668. The maximum atomic E-state index is 12.1. The molecule has 3 nitrogen and oxygen atoms in total. The molecule has 2 rings (SSSR count). The molecular formula is C15H22N2O. The quantitative estimate of drug-likeness (QED) is 0.854. The largest absolute Gasteiger partial charge is 0.354 e. The van der Waals surface area contributed by atoms with Gasteiger partial charge in [0.05, 0.1) is 5.54 Å². The fourth-order valence-corrected chi connectivity index (χ4v) is 2.55. The maximum absolute atomic E-state index is 12.1. The van der Waals surface area contributed by atoms with Gasteiger partial charge in [-0.3, -0.25) is 4.79 Å². The minimum atomic E-state index is -0.616. The van der Waals surface area contributed by atoms with Gasteiger partial charge in [0.25, 0.3) is 0 Å². The smallest absolute Gasteiger partial charge is 0.240 e. The summed E-state index contributed by atoms with van der Waals surface area (Å²) in [7, 11) is 0. The lowest BCUT2D eigenvalue weighted by Crippen LogP contribution is -2.55. The van der Waals surface area contributed by atoms with E-state index in [9.17, 15) is 4.79 Å². The van der Waals surface area contributed by atoms with Crippen LogP contribution in [0.1, 0.15) is 37.7 Å². The van der Waals surface area contributed by atoms with Crippen molar-refractivity contribution in [3.8, 4) is 0 Å². The predicted octanol–water partition coefficient (Wildman–Crippen LogP) is 2.01. The number of hydrogen-bond donors (Lipinski definition) is 2. The Balaban J connectivity index is 1.78. The molecule has 1 amide bonds. The first kappa shape index (κ1) is 13.1. The van der Waals surface area contributed by atoms with Gasteiger partial charge in [0.2, 0.25) is 5.91 Å². The van der Waals surface area contributed by atoms with Gasteiger partial charge in [-0.25, -0.2) is 0 Å². The third-order valence-electron chi connectivity index (χ3n) is 3.74. The van der Waals surface area contributed by atoms with Crippen LogP contribution in [0.4, 0.5) is 0 Å². The number of nitrogens with one attached hydrogen (secondary N) is 1. The van der Waals surface area contributed by atoms with E-state index in [0.29, 0.717) is 6.54 Å². The molecule has 0 spiro atoms. The van der Waals surface area contributed by atoms with Crippen molar-refractivity contribution < 1.29 is 4.79 Å². The van der Waals surface area contributed by atoms with Gasteiger partial charge in [0, 0.05) is 6.54 Å². The fourth-order valence-electron chi connectivity index (χ4n) is 2.55. The zero-order valence-corrected chi connectivity index (χ0v) is 10.8. The number of amides is 1. The minimum absolute atomic E-state index is 0.0260. The average Bonchev–Trinajstić information content (AvgIpc) is 2.41. The van der Waals surface area contributed by atoms with Crippen molar-refractivity contribution >= 4 is 5.91 Å². The third kappa shape index (κ3) is 3.33. The van der Waals surface area contributed by atoms with Crippen LogP contribution in [0.15, 0.2) is 30.3 Å². The van der Waals surface area contributed by atoms with Gasteiger partial charge in [-0.05, 0) is 24.8 Å². The number of carbonyl (C=O) groups excluding carboxylic acids is 1. The van der Waals surface area contributed by atoms with Crippen LogP contribution >= 0.6 is 0 Å². The Kier molecular flexibility index (Phi) is 4.37. The van der Waals surface area contributed by atoms with E-state index < -0.39 is 5.54 Å². The molecule has 0 aliphatic heterocycles. The van der Waals surface area contributed by atoms with E-state index in [1.54, 1.807) is 0 Å². The molecular weight excluding hydrogens is 224 g/mol. The summed E-state index contributed by atoms with van der Waals surface area (Å²) in [6, 6.07) is 10.2. The molecule has 0 aromatic heterocycles. The van der Waals surface area contributed by atoms with E-state index in [1.165, 1.54) is 12.0 Å². The SMILES string of the molecule is NC1(C(=O)NCCc2ccccc2)CCCCC1. The highest BCUT2D eigenvalue weighted by atomic mass is 16.2. The average molecular weight is 246 g/mol. The van der Waals surface area contributed by atoms with Gasteiger partial charge in [0.1, 0.15) is 0 Å². The molecule has 1 aliphatic rings. The third-order valence-corrected chi connectivity index (χ3v) is 3.74. The van der Waals surface area contributed by atoms with Gasteiger partial charge in [-0.15, -0.1) is 0 Å². The summed E-state index contributed by atoms with van der Waals surface area (Å²) in [4.78, 5) is 12.1. The van der Waals surface area contributed by atoms with E-state index in [4.69, 9.17) is 5.73 Å². The summed E-state index contributed by atoms with van der Waals surface area (Å²) in [5, 5.41) is 2.98. The van der Waals surface area contributed by atoms with Crippen LogP contribution in [0.5, 0.6) is 0 Å². The van der Waals surface area contributed by atoms with E-state index in [1.807, 2.05) is 18.2 Å². The van der Waals surface area contributed by atoms with E-state index >= 15 is 0 Å². The highest BCUT2D eigenvalue weighted by Crippen LogP contribution is 2.25. The van der Waals surface area contributed by atoms with Crippen molar-refractivity contribution in [3.63, 3.8) is 0 Å². The van der Waals surface area contributed by atoms with Crippen LogP contribution in [0.25, 0.3) is 0 Å². The van der Waals surface area contributed by atoms with Crippen LogP contribution < -0.4 is 11.1 Å². The normalized spacial score (nSPS) is 18.3. The Labute approximate surface area is 109 Å². The molecule has 1 aliphatic carbocycles. The Morgan fingerprint density at radius 2 is 1.83 bits per heavy atom. The first-order valence-electron chi connectivity index (χ1n) is 6.82. The zero-order valence-electron chi connectivity index (χ0n) is 10.8. The van der Waals surface area contributed by atoms with E-state index in [0.717, 1.165) is 32.1 Å². The first-order chi connectivity index (χ1) is 8.71. The van der Waals surface area contributed by atoms with Crippen LogP contribution in [0.3, 0.4) is 0 Å². The van der Waals surface area contributed by atoms with Crippen molar-refractivity contribution in [2.24, 2.45) is 5.73 Å². The summed E-state index contributed by atoms with van der Waals surface area (Å²) in [6.07, 6.45) is 5.86. The number of carbonyl (C=O) groups is 1. The Morgan fingerprint density at radius 3 is 2.50 bits per heavy atom. The van der Waals surface area contributed by atoms with E-state index in [-0.39, 0.29) is 5.91 Å².